The van der Waals surface area contributed by atoms with Crippen molar-refractivity contribution in [3.05, 3.63) is 40.3 Å². The summed E-state index contributed by atoms with van der Waals surface area (Å²) in [6.07, 6.45) is -3.04. The van der Waals surface area contributed by atoms with Gasteiger partial charge in [0, 0.05) is 35.4 Å². The van der Waals surface area contributed by atoms with Crippen LogP contribution in [0.1, 0.15) is 13.8 Å². The first-order valence-electron chi connectivity index (χ1n) is 9.23. The molecule has 0 aliphatic carbocycles. The first-order chi connectivity index (χ1) is 15.1. The number of urea groups is 1. The molecule has 13 heteroatoms. The van der Waals surface area contributed by atoms with Gasteiger partial charge in [-0.05, 0) is 32.0 Å². The molecule has 0 saturated carbocycles. The lowest BCUT2D eigenvalue weighted by molar-refractivity contribution is 0.0822. The van der Waals surface area contributed by atoms with Crippen molar-refractivity contribution in [2.45, 2.75) is 20.3 Å². The number of halogens is 5. The summed E-state index contributed by atoms with van der Waals surface area (Å²) in [5, 5.41) is 9.73. The molecule has 0 spiro atoms. The van der Waals surface area contributed by atoms with Gasteiger partial charge in [0.2, 0.25) is 0 Å². The number of ether oxygens (including phenoxy) is 1. The van der Waals surface area contributed by atoms with E-state index in [1.54, 1.807) is 6.92 Å². The maximum absolute atomic E-state index is 15.0. The lowest BCUT2D eigenvalue weighted by atomic mass is 10.1. The average Bonchev–Trinajstić information content (AvgIpc) is 2.71. The van der Waals surface area contributed by atoms with Crippen molar-refractivity contribution < 1.29 is 32.6 Å². The zero-order valence-corrected chi connectivity index (χ0v) is 18.4. The van der Waals surface area contributed by atoms with E-state index in [0.29, 0.717) is 0 Å². The van der Waals surface area contributed by atoms with E-state index < -0.39 is 31.0 Å². The second-order valence-corrected chi connectivity index (χ2v) is 7.03. The number of alkyl halides is 2. The fourth-order valence-electron chi connectivity index (χ4n) is 2.74. The topological polar surface area (TPSA) is 95.0 Å². The smallest absolute Gasteiger partial charge is 0.423 e. The normalized spacial score (nSPS) is 10.8. The molecule has 0 fully saturated rings. The maximum atomic E-state index is 15.0. The second kappa shape index (κ2) is 11.1. The Morgan fingerprint density at radius 3 is 2.44 bits per heavy atom. The van der Waals surface area contributed by atoms with Crippen LogP contribution in [-0.2, 0) is 0 Å². The van der Waals surface area contributed by atoms with Crippen LogP contribution in [0.15, 0.2) is 24.4 Å². The van der Waals surface area contributed by atoms with Gasteiger partial charge < -0.3 is 9.84 Å². The Labute approximate surface area is 191 Å². The highest BCUT2D eigenvalue weighted by Gasteiger charge is 2.26. The van der Waals surface area contributed by atoms with Crippen LogP contribution in [0.25, 0.3) is 11.1 Å². The molecule has 1 heterocycles. The van der Waals surface area contributed by atoms with Crippen LogP contribution in [0, 0.1) is 5.82 Å². The fourth-order valence-corrected chi connectivity index (χ4v) is 3.29. The second-order valence-electron chi connectivity index (χ2n) is 6.18. The highest BCUT2D eigenvalue weighted by Crippen LogP contribution is 2.39. The van der Waals surface area contributed by atoms with Crippen molar-refractivity contribution in [3.63, 3.8) is 0 Å². The summed E-state index contributed by atoms with van der Waals surface area (Å²) in [6, 6.07) is 2.81. The fraction of sp³-hybridized carbons (Fsp3) is 0.316. The number of hydrogen-bond donors (Lipinski definition) is 2. The van der Waals surface area contributed by atoms with Crippen LogP contribution in [-0.4, -0.2) is 53.3 Å². The molecule has 32 heavy (non-hydrogen) atoms. The number of aromatic nitrogens is 1. The Morgan fingerprint density at radius 2 is 1.91 bits per heavy atom. The van der Waals surface area contributed by atoms with Crippen molar-refractivity contribution in [3.8, 4) is 16.9 Å². The van der Waals surface area contributed by atoms with Gasteiger partial charge in [-0.1, -0.05) is 23.2 Å². The van der Waals surface area contributed by atoms with E-state index in [2.05, 4.69) is 4.98 Å². The Morgan fingerprint density at radius 1 is 1.22 bits per heavy atom. The molecule has 0 aliphatic heterocycles. The number of hydrogen-bond acceptors (Lipinski definition) is 4. The van der Waals surface area contributed by atoms with E-state index in [4.69, 9.17) is 33.0 Å². The molecule has 2 N–H and O–H groups in total. The summed E-state index contributed by atoms with van der Waals surface area (Å²) < 4.78 is 45.3. The van der Waals surface area contributed by atoms with Crippen molar-refractivity contribution in [1.29, 1.82) is 0 Å². The number of carboxylic acid groups (broad SMARTS) is 1. The van der Waals surface area contributed by atoms with Gasteiger partial charge in [0.15, 0.2) is 11.6 Å². The van der Waals surface area contributed by atoms with Crippen molar-refractivity contribution in [2.24, 2.45) is 0 Å². The third kappa shape index (κ3) is 6.07. The Kier molecular flexibility index (Phi) is 8.79. The molecule has 174 valence electrons. The molecular weight excluding hydrogens is 476 g/mol. The Bertz CT molecular complexity index is 997. The highest BCUT2D eigenvalue weighted by molar-refractivity contribution is 6.36. The SMILES string of the molecule is CCN(NC(=O)O)C(=O)N(CC)c1ncc(-c2cc(Cl)cc(Cl)c2OCC(F)F)cc1F. The molecule has 8 nitrogen and oxygen atoms in total. The lowest BCUT2D eigenvalue weighted by Crippen LogP contribution is -2.52. The van der Waals surface area contributed by atoms with Gasteiger partial charge in [0.05, 0.1) is 5.02 Å². The van der Waals surface area contributed by atoms with Gasteiger partial charge in [-0.2, -0.15) is 0 Å². The van der Waals surface area contributed by atoms with Crippen LogP contribution in [0.2, 0.25) is 10.0 Å². The zero-order valence-electron chi connectivity index (χ0n) is 16.9. The molecule has 0 saturated heterocycles. The highest BCUT2D eigenvalue weighted by atomic mass is 35.5. The van der Waals surface area contributed by atoms with Crippen LogP contribution in [0.3, 0.4) is 0 Å². The van der Waals surface area contributed by atoms with Crippen molar-refractivity contribution in [1.82, 2.24) is 15.4 Å². The van der Waals surface area contributed by atoms with Gasteiger partial charge >= 0.3 is 12.1 Å². The zero-order chi connectivity index (χ0) is 24.0. The number of hydrazine groups is 1. The molecule has 0 aliphatic rings. The molecular formula is C19H19Cl2F3N4O4. The Balaban J connectivity index is 2.45. The Hall–Kier alpha value is -2.92. The standard InChI is InChI=1S/C19H19Cl2F3N4O4/c1-3-27(19(31)28(4-2)26-18(29)30)17-14(22)5-10(8-25-17)12-6-11(20)7-13(21)16(12)32-9-15(23)24/h5-8,15,26H,3-4,9H2,1-2H3,(H,29,30). The minimum Gasteiger partial charge on any atom is -0.485 e. The van der Waals surface area contributed by atoms with E-state index in [0.717, 1.165) is 16.0 Å². The first-order valence-corrected chi connectivity index (χ1v) is 9.99. The average molecular weight is 495 g/mol. The lowest BCUT2D eigenvalue weighted by Gasteiger charge is -2.28. The number of amides is 3. The number of nitrogens with zero attached hydrogens (tertiary/aromatic N) is 3. The molecule has 2 rings (SSSR count). The summed E-state index contributed by atoms with van der Waals surface area (Å²) in [5.41, 5.74) is 2.15. The molecule has 1 aromatic heterocycles. The van der Waals surface area contributed by atoms with E-state index in [-0.39, 0.29) is 45.8 Å². The maximum Gasteiger partial charge on any atom is 0.423 e. The minimum atomic E-state index is -2.77. The van der Waals surface area contributed by atoms with Gasteiger partial charge in [-0.3, -0.25) is 4.90 Å². The van der Waals surface area contributed by atoms with Gasteiger partial charge in [-0.25, -0.2) is 38.2 Å². The molecule has 1 aromatic carbocycles. The van der Waals surface area contributed by atoms with Crippen LogP contribution >= 0.6 is 23.2 Å². The van der Waals surface area contributed by atoms with E-state index in [1.807, 2.05) is 5.43 Å². The number of benzene rings is 1. The van der Waals surface area contributed by atoms with Crippen LogP contribution < -0.4 is 15.1 Å². The number of nitrogens with one attached hydrogen (secondary N) is 1. The third-order valence-electron chi connectivity index (χ3n) is 4.08. The largest absolute Gasteiger partial charge is 0.485 e. The molecule has 0 radical (unpaired) electrons. The van der Waals surface area contributed by atoms with Gasteiger partial charge in [-0.15, -0.1) is 0 Å². The van der Waals surface area contributed by atoms with E-state index in [9.17, 15) is 22.8 Å². The van der Waals surface area contributed by atoms with Crippen molar-refractivity contribution >= 4 is 41.1 Å². The van der Waals surface area contributed by atoms with Gasteiger partial charge in [0.1, 0.15) is 12.4 Å². The summed E-state index contributed by atoms with van der Waals surface area (Å²) in [7, 11) is 0. The van der Waals surface area contributed by atoms with E-state index in [1.165, 1.54) is 25.3 Å². The molecule has 2 aromatic rings. The summed E-state index contributed by atoms with van der Waals surface area (Å²) in [5.74, 6) is -1.42. The monoisotopic (exact) mass is 494 g/mol. The number of carbonyl (C=O) groups excluding carboxylic acids is 1. The number of rotatable bonds is 7. The quantitative estimate of drug-likeness (QED) is 0.510. The molecule has 0 bridgehead atoms. The number of carbonyl (C=O) groups is 2. The third-order valence-corrected chi connectivity index (χ3v) is 4.57. The van der Waals surface area contributed by atoms with Gasteiger partial charge in [0.25, 0.3) is 6.43 Å². The summed E-state index contributed by atoms with van der Waals surface area (Å²) in [6.45, 7) is 2.09. The molecule has 0 unspecified atom stereocenters. The predicted molar refractivity (Wildman–Crippen MR) is 113 cm³/mol. The van der Waals surface area contributed by atoms with Crippen LogP contribution in [0.5, 0.6) is 5.75 Å². The minimum absolute atomic E-state index is 0.0206. The van der Waals surface area contributed by atoms with Crippen LogP contribution in [0.4, 0.5) is 28.6 Å². The summed E-state index contributed by atoms with van der Waals surface area (Å²) in [4.78, 5) is 28.4. The first kappa shape index (κ1) is 25.3. The van der Waals surface area contributed by atoms with E-state index >= 15 is 0 Å². The number of anilines is 1. The van der Waals surface area contributed by atoms with Crippen molar-refractivity contribution in [2.75, 3.05) is 24.6 Å². The molecule has 3 amide bonds. The molecule has 0 atom stereocenters. The summed E-state index contributed by atoms with van der Waals surface area (Å²) >= 11 is 12.1. The predicted octanol–water partition coefficient (Wildman–Crippen LogP) is 5.29. The number of pyridine rings is 1.